The van der Waals surface area contributed by atoms with E-state index in [9.17, 15) is 0 Å². The number of rotatable bonds is 7. The zero-order valence-corrected chi connectivity index (χ0v) is 19.8. The summed E-state index contributed by atoms with van der Waals surface area (Å²) in [4.78, 5) is 8.62. The number of nitrogens with one attached hydrogen (secondary N) is 2. The second-order valence-corrected chi connectivity index (χ2v) is 7.18. The van der Waals surface area contributed by atoms with Crippen LogP contribution in [0.15, 0.2) is 27.7 Å². The third-order valence-electron chi connectivity index (χ3n) is 3.87. The predicted octanol–water partition coefficient (Wildman–Crippen LogP) is 4.98. The molecule has 0 amide bonds. The molecule has 2 N–H and O–H groups in total. The van der Waals surface area contributed by atoms with Crippen LogP contribution < -0.4 is 10.6 Å². The molecule has 2 aromatic rings. The van der Waals surface area contributed by atoms with E-state index >= 15 is 0 Å². The van der Waals surface area contributed by atoms with E-state index in [1.807, 2.05) is 32.9 Å². The summed E-state index contributed by atoms with van der Waals surface area (Å²) < 4.78 is 5.24. The molecule has 0 aliphatic heterocycles. The molecule has 6 nitrogen and oxygen atoms in total. The van der Waals surface area contributed by atoms with E-state index < -0.39 is 0 Å². The molecule has 27 heavy (non-hydrogen) atoms. The lowest BCUT2D eigenvalue weighted by Gasteiger charge is -2.19. The quantitative estimate of drug-likeness (QED) is 0.231. The van der Waals surface area contributed by atoms with Crippen molar-refractivity contribution < 1.29 is 4.52 Å². The fourth-order valence-electron chi connectivity index (χ4n) is 2.38. The summed E-state index contributed by atoms with van der Waals surface area (Å²) in [7, 11) is 1.73. The number of halogens is 3. The van der Waals surface area contributed by atoms with Crippen molar-refractivity contribution in [2.75, 3.05) is 13.6 Å². The first-order valence-electron chi connectivity index (χ1n) is 8.65. The van der Waals surface area contributed by atoms with Crippen LogP contribution in [-0.2, 0) is 6.42 Å². The summed E-state index contributed by atoms with van der Waals surface area (Å²) in [6, 6.07) is 5.48. The minimum atomic E-state index is -0.00416. The van der Waals surface area contributed by atoms with Gasteiger partial charge in [-0.3, -0.25) is 4.99 Å². The monoisotopic (exact) mass is 525 g/mol. The molecule has 0 saturated carbocycles. The Bertz CT molecular complexity index is 751. The Balaban J connectivity index is 0.00000364. The van der Waals surface area contributed by atoms with Gasteiger partial charge in [0.05, 0.1) is 6.04 Å². The third kappa shape index (κ3) is 7.46. The third-order valence-corrected chi connectivity index (χ3v) is 4.43. The smallest absolute Gasteiger partial charge is 0.226 e. The van der Waals surface area contributed by atoms with Crippen LogP contribution >= 0.6 is 47.2 Å². The normalized spacial score (nSPS) is 12.6. The molecule has 1 heterocycles. The van der Waals surface area contributed by atoms with Crippen LogP contribution in [0, 0.1) is 0 Å². The summed E-state index contributed by atoms with van der Waals surface area (Å²) in [6.45, 7) is 6.84. The Kier molecular flexibility index (Phi) is 10.4. The standard InChI is InChI=1S/C18H25Cl2N5O.HI/c1-11(2)17-24-16(26-25-17)6-5-9-22-18(21-4)23-12(3)14-8-7-13(19)10-15(14)20;/h7-8,10-12H,5-6,9H2,1-4H3,(H2,21,22,23);1H. The lowest BCUT2D eigenvalue weighted by atomic mass is 10.1. The van der Waals surface area contributed by atoms with E-state index in [4.69, 9.17) is 27.7 Å². The summed E-state index contributed by atoms with van der Waals surface area (Å²) in [5.41, 5.74) is 0.964. The number of hydrogen-bond donors (Lipinski definition) is 2. The Morgan fingerprint density at radius 3 is 2.59 bits per heavy atom. The van der Waals surface area contributed by atoms with Crippen LogP contribution in [0.5, 0.6) is 0 Å². The van der Waals surface area contributed by atoms with Crippen molar-refractivity contribution in [3.63, 3.8) is 0 Å². The second kappa shape index (κ2) is 11.7. The Morgan fingerprint density at radius 2 is 2.00 bits per heavy atom. The minimum Gasteiger partial charge on any atom is -0.356 e. The highest BCUT2D eigenvalue weighted by atomic mass is 127. The van der Waals surface area contributed by atoms with Crippen LogP contribution in [0.1, 0.15) is 56.4 Å². The fourth-order valence-corrected chi connectivity index (χ4v) is 2.95. The largest absolute Gasteiger partial charge is 0.356 e. The van der Waals surface area contributed by atoms with Crippen molar-refractivity contribution in [3.05, 3.63) is 45.5 Å². The first-order chi connectivity index (χ1) is 12.4. The number of hydrogen-bond acceptors (Lipinski definition) is 4. The average Bonchev–Trinajstić information content (AvgIpc) is 3.06. The second-order valence-electron chi connectivity index (χ2n) is 6.34. The Hall–Kier alpha value is -1.06. The molecule has 0 aliphatic rings. The van der Waals surface area contributed by atoms with Gasteiger partial charge >= 0.3 is 0 Å². The molecule has 150 valence electrons. The van der Waals surface area contributed by atoms with Crippen molar-refractivity contribution in [3.8, 4) is 0 Å². The minimum absolute atomic E-state index is 0. The molecule has 0 bridgehead atoms. The van der Waals surface area contributed by atoms with Crippen molar-refractivity contribution in [1.29, 1.82) is 0 Å². The zero-order chi connectivity index (χ0) is 19.1. The molecular weight excluding hydrogens is 500 g/mol. The zero-order valence-electron chi connectivity index (χ0n) is 15.9. The highest BCUT2D eigenvalue weighted by Crippen LogP contribution is 2.25. The van der Waals surface area contributed by atoms with Crippen LogP contribution in [0.25, 0.3) is 0 Å². The van der Waals surface area contributed by atoms with Gasteiger partial charge in [0.15, 0.2) is 11.8 Å². The van der Waals surface area contributed by atoms with E-state index in [2.05, 4.69) is 25.8 Å². The molecule has 2 rings (SSSR count). The van der Waals surface area contributed by atoms with Crippen LogP contribution in [0.2, 0.25) is 10.0 Å². The maximum absolute atomic E-state index is 6.26. The van der Waals surface area contributed by atoms with Gasteiger partial charge in [0, 0.05) is 36.0 Å². The summed E-state index contributed by atoms with van der Waals surface area (Å²) in [5.74, 6) is 2.39. The first-order valence-corrected chi connectivity index (χ1v) is 9.41. The summed E-state index contributed by atoms with van der Waals surface area (Å²) in [6.07, 6.45) is 1.58. The Morgan fingerprint density at radius 1 is 1.26 bits per heavy atom. The number of aliphatic imine (C=N–C) groups is 1. The highest BCUT2D eigenvalue weighted by molar-refractivity contribution is 14.0. The van der Waals surface area contributed by atoms with Crippen LogP contribution in [0.3, 0.4) is 0 Å². The molecule has 0 fully saturated rings. The molecular formula is C18H26Cl2IN5O. The van der Waals surface area contributed by atoms with Gasteiger partial charge in [0.1, 0.15) is 0 Å². The van der Waals surface area contributed by atoms with E-state index in [0.717, 1.165) is 30.8 Å². The molecule has 1 aromatic carbocycles. The molecule has 9 heteroatoms. The molecule has 0 saturated heterocycles. The molecule has 1 aromatic heterocycles. The number of benzene rings is 1. The lowest BCUT2D eigenvalue weighted by molar-refractivity contribution is 0.368. The Labute approximate surface area is 187 Å². The maximum Gasteiger partial charge on any atom is 0.226 e. The van der Waals surface area contributed by atoms with Gasteiger partial charge < -0.3 is 15.2 Å². The van der Waals surface area contributed by atoms with E-state index in [1.165, 1.54) is 0 Å². The first kappa shape index (κ1) is 24.0. The van der Waals surface area contributed by atoms with Gasteiger partial charge in [-0.15, -0.1) is 24.0 Å². The molecule has 0 aliphatic carbocycles. The summed E-state index contributed by atoms with van der Waals surface area (Å²) in [5, 5.41) is 11.8. The highest BCUT2D eigenvalue weighted by Gasteiger charge is 2.12. The van der Waals surface area contributed by atoms with Crippen LogP contribution in [-0.4, -0.2) is 29.7 Å². The van der Waals surface area contributed by atoms with Gasteiger partial charge in [0.25, 0.3) is 0 Å². The van der Waals surface area contributed by atoms with Crippen molar-refractivity contribution in [2.45, 2.75) is 45.6 Å². The number of aromatic nitrogens is 2. The van der Waals surface area contributed by atoms with Crippen molar-refractivity contribution in [1.82, 2.24) is 20.8 Å². The number of aryl methyl sites for hydroxylation is 1. The van der Waals surface area contributed by atoms with Gasteiger partial charge in [-0.05, 0) is 31.0 Å². The van der Waals surface area contributed by atoms with Gasteiger partial charge in [0.2, 0.25) is 5.89 Å². The predicted molar refractivity (Wildman–Crippen MR) is 121 cm³/mol. The molecule has 0 spiro atoms. The van der Waals surface area contributed by atoms with Crippen molar-refractivity contribution >= 4 is 53.1 Å². The molecule has 1 atom stereocenters. The average molecular weight is 526 g/mol. The van der Waals surface area contributed by atoms with E-state index in [-0.39, 0.29) is 35.9 Å². The summed E-state index contributed by atoms with van der Waals surface area (Å²) >= 11 is 12.2. The van der Waals surface area contributed by atoms with Gasteiger partial charge in [-0.25, -0.2) is 0 Å². The number of guanidine groups is 1. The fraction of sp³-hybridized carbons (Fsp3) is 0.500. The van der Waals surface area contributed by atoms with E-state index in [0.29, 0.717) is 21.9 Å². The van der Waals surface area contributed by atoms with Gasteiger partial charge in [-0.2, -0.15) is 4.98 Å². The number of nitrogens with zero attached hydrogens (tertiary/aromatic N) is 3. The van der Waals surface area contributed by atoms with Crippen molar-refractivity contribution in [2.24, 2.45) is 4.99 Å². The maximum atomic E-state index is 6.26. The molecule has 1 unspecified atom stereocenters. The molecule has 0 radical (unpaired) electrons. The van der Waals surface area contributed by atoms with Gasteiger partial charge in [-0.1, -0.05) is 48.3 Å². The topological polar surface area (TPSA) is 75.3 Å². The SMILES string of the molecule is CN=C(NCCCc1nc(C(C)C)no1)NC(C)c1ccc(Cl)cc1Cl.I. The van der Waals surface area contributed by atoms with Crippen LogP contribution in [0.4, 0.5) is 0 Å². The van der Waals surface area contributed by atoms with E-state index in [1.54, 1.807) is 13.1 Å². The lowest BCUT2D eigenvalue weighted by Crippen LogP contribution is -2.39.